The van der Waals surface area contributed by atoms with Crippen LogP contribution in [0.3, 0.4) is 0 Å². The number of methoxy groups -OCH3 is 1. The molecule has 0 saturated carbocycles. The summed E-state index contributed by atoms with van der Waals surface area (Å²) >= 11 is 1.51. The van der Waals surface area contributed by atoms with Crippen LogP contribution >= 0.6 is 11.3 Å². The fraction of sp³-hybridized carbons (Fsp3) is 0.579. The van der Waals surface area contributed by atoms with Crippen LogP contribution in [0, 0.1) is 0 Å². The van der Waals surface area contributed by atoms with Crippen molar-refractivity contribution in [2.45, 2.75) is 31.3 Å². The Balaban J connectivity index is 1.70. The zero-order valence-corrected chi connectivity index (χ0v) is 16.0. The molecule has 26 heavy (non-hydrogen) atoms. The molecule has 2 aliphatic heterocycles. The second-order valence-electron chi connectivity index (χ2n) is 6.72. The number of carbonyl (C=O) groups excluding carboxylic acids is 2. The molecule has 1 N–H and O–H groups in total. The van der Waals surface area contributed by atoms with E-state index >= 15 is 0 Å². The summed E-state index contributed by atoms with van der Waals surface area (Å²) in [5, 5.41) is 2.62. The van der Waals surface area contributed by atoms with Crippen molar-refractivity contribution in [1.29, 1.82) is 0 Å². The Kier molecular flexibility index (Phi) is 6.11. The van der Waals surface area contributed by atoms with Gasteiger partial charge >= 0.3 is 5.97 Å². The largest absolute Gasteiger partial charge is 0.468 e. The number of hydrogen-bond acceptors (Lipinski definition) is 6. The zero-order valence-electron chi connectivity index (χ0n) is 15.2. The summed E-state index contributed by atoms with van der Waals surface area (Å²) in [4.78, 5) is 27.9. The Morgan fingerprint density at radius 3 is 2.92 bits per heavy atom. The van der Waals surface area contributed by atoms with Gasteiger partial charge in [0.15, 0.2) is 0 Å². The number of ether oxygens (including phenoxy) is 2. The second-order valence-corrected chi connectivity index (χ2v) is 7.85. The SMILES string of the molecule is C=CCCN1CCC2(CC1)OCCc1sc(C(=O)NCC(=O)OC)cc12. The number of carbonyl (C=O) groups is 2. The standard InChI is InChI=1S/C19H26N2O4S/c1-3-4-8-21-9-6-19(7-10-21)14-12-16(26-15(14)5-11-25-19)18(23)20-13-17(22)24-2/h3,12H,1,4-11,13H2,2H3,(H,20,23). The van der Waals surface area contributed by atoms with Crippen LogP contribution in [-0.4, -0.2) is 56.7 Å². The van der Waals surface area contributed by atoms with Crippen molar-refractivity contribution in [3.8, 4) is 0 Å². The lowest BCUT2D eigenvalue weighted by Crippen LogP contribution is -2.46. The Labute approximate surface area is 158 Å². The van der Waals surface area contributed by atoms with E-state index in [0.29, 0.717) is 11.5 Å². The molecule has 1 amide bonds. The van der Waals surface area contributed by atoms with E-state index in [4.69, 9.17) is 4.74 Å². The molecule has 1 fully saturated rings. The van der Waals surface area contributed by atoms with Gasteiger partial charge in [-0.05, 0) is 30.9 Å². The summed E-state index contributed by atoms with van der Waals surface area (Å²) in [6, 6.07) is 1.96. The third-order valence-electron chi connectivity index (χ3n) is 5.17. The van der Waals surface area contributed by atoms with E-state index in [1.807, 2.05) is 12.1 Å². The Morgan fingerprint density at radius 1 is 1.46 bits per heavy atom. The Hall–Kier alpha value is -1.70. The molecule has 1 aromatic heterocycles. The normalized spacial score (nSPS) is 19.0. The molecule has 0 radical (unpaired) electrons. The highest BCUT2D eigenvalue weighted by Gasteiger charge is 2.42. The van der Waals surface area contributed by atoms with Gasteiger partial charge in [-0.25, -0.2) is 0 Å². The number of piperidine rings is 1. The molecule has 0 aromatic carbocycles. The highest BCUT2D eigenvalue weighted by molar-refractivity contribution is 7.14. The molecule has 0 atom stereocenters. The predicted molar refractivity (Wildman–Crippen MR) is 100 cm³/mol. The number of nitrogens with one attached hydrogen (secondary N) is 1. The average molecular weight is 378 g/mol. The van der Waals surface area contributed by atoms with Crippen molar-refractivity contribution in [3.05, 3.63) is 34.0 Å². The van der Waals surface area contributed by atoms with Crippen molar-refractivity contribution in [3.63, 3.8) is 0 Å². The minimum atomic E-state index is -0.452. The van der Waals surface area contributed by atoms with E-state index in [1.165, 1.54) is 28.9 Å². The van der Waals surface area contributed by atoms with E-state index in [-0.39, 0.29) is 18.1 Å². The van der Waals surface area contributed by atoms with Crippen LogP contribution in [0.25, 0.3) is 0 Å². The lowest BCUT2D eigenvalue weighted by molar-refractivity contribution is -0.139. The molecular weight excluding hydrogens is 352 g/mol. The minimum absolute atomic E-state index is 0.113. The zero-order chi connectivity index (χ0) is 18.6. The van der Waals surface area contributed by atoms with E-state index in [0.717, 1.165) is 45.3 Å². The molecule has 3 heterocycles. The summed E-state index contributed by atoms with van der Waals surface area (Å²) < 4.78 is 10.8. The number of nitrogens with zero attached hydrogens (tertiary/aromatic N) is 1. The fourth-order valence-electron chi connectivity index (χ4n) is 3.67. The van der Waals surface area contributed by atoms with Gasteiger partial charge in [0.1, 0.15) is 6.54 Å². The topological polar surface area (TPSA) is 67.9 Å². The van der Waals surface area contributed by atoms with E-state index < -0.39 is 5.97 Å². The first-order chi connectivity index (χ1) is 12.6. The molecule has 142 valence electrons. The summed E-state index contributed by atoms with van der Waals surface area (Å²) in [5.74, 6) is -0.681. The number of fused-ring (bicyclic) bond motifs is 2. The molecular formula is C19H26N2O4S. The second kappa shape index (κ2) is 8.33. The van der Waals surface area contributed by atoms with Gasteiger partial charge in [0.25, 0.3) is 5.91 Å². The number of rotatable bonds is 6. The summed E-state index contributed by atoms with van der Waals surface area (Å²) in [6.07, 6.45) is 5.68. The Bertz CT molecular complexity index is 677. The van der Waals surface area contributed by atoms with E-state index in [1.54, 1.807) is 0 Å². The molecule has 0 unspecified atom stereocenters. The van der Waals surface area contributed by atoms with Crippen LogP contribution in [0.5, 0.6) is 0 Å². The Morgan fingerprint density at radius 2 is 2.23 bits per heavy atom. The molecule has 6 nitrogen and oxygen atoms in total. The van der Waals surface area contributed by atoms with Crippen LogP contribution in [0.4, 0.5) is 0 Å². The maximum Gasteiger partial charge on any atom is 0.325 e. The van der Waals surface area contributed by atoms with Gasteiger partial charge in [0.2, 0.25) is 0 Å². The first-order valence-corrected chi connectivity index (χ1v) is 9.85. The van der Waals surface area contributed by atoms with Crippen molar-refractivity contribution < 1.29 is 19.1 Å². The van der Waals surface area contributed by atoms with E-state index in [2.05, 4.69) is 21.5 Å². The summed E-state index contributed by atoms with van der Waals surface area (Å²) in [5.41, 5.74) is 0.899. The average Bonchev–Trinajstić information content (AvgIpc) is 3.11. The van der Waals surface area contributed by atoms with Gasteiger partial charge < -0.3 is 19.7 Å². The smallest absolute Gasteiger partial charge is 0.325 e. The minimum Gasteiger partial charge on any atom is -0.468 e. The number of hydrogen-bond donors (Lipinski definition) is 1. The van der Waals surface area contributed by atoms with Crippen LogP contribution in [0.1, 0.15) is 39.4 Å². The van der Waals surface area contributed by atoms with Gasteiger partial charge in [0, 0.05) is 30.9 Å². The third kappa shape index (κ3) is 4.00. The first kappa shape index (κ1) is 19.1. The molecule has 1 aromatic rings. The molecule has 1 spiro atoms. The molecule has 2 aliphatic rings. The first-order valence-electron chi connectivity index (χ1n) is 9.03. The van der Waals surface area contributed by atoms with Gasteiger partial charge in [-0.3, -0.25) is 9.59 Å². The number of esters is 1. The lowest BCUT2D eigenvalue weighted by atomic mass is 9.82. The van der Waals surface area contributed by atoms with Gasteiger partial charge in [-0.1, -0.05) is 6.08 Å². The van der Waals surface area contributed by atoms with Crippen LogP contribution in [0.15, 0.2) is 18.7 Å². The van der Waals surface area contributed by atoms with Gasteiger partial charge in [-0.2, -0.15) is 0 Å². The summed E-state index contributed by atoms with van der Waals surface area (Å²) in [7, 11) is 1.31. The summed E-state index contributed by atoms with van der Waals surface area (Å²) in [6.45, 7) is 7.40. The highest BCUT2D eigenvalue weighted by atomic mass is 32.1. The molecule has 0 aliphatic carbocycles. The van der Waals surface area contributed by atoms with Crippen LogP contribution in [-0.2, 0) is 26.3 Å². The molecule has 0 bridgehead atoms. The molecule has 7 heteroatoms. The van der Waals surface area contributed by atoms with Crippen molar-refractivity contribution in [2.24, 2.45) is 0 Å². The number of likely N-dealkylation sites (tertiary alicyclic amines) is 1. The van der Waals surface area contributed by atoms with Gasteiger partial charge in [-0.15, -0.1) is 17.9 Å². The van der Waals surface area contributed by atoms with Crippen LogP contribution in [0.2, 0.25) is 0 Å². The van der Waals surface area contributed by atoms with Crippen LogP contribution < -0.4 is 5.32 Å². The van der Waals surface area contributed by atoms with Crippen molar-refractivity contribution in [1.82, 2.24) is 10.2 Å². The van der Waals surface area contributed by atoms with E-state index in [9.17, 15) is 9.59 Å². The fourth-order valence-corrected chi connectivity index (χ4v) is 4.81. The van der Waals surface area contributed by atoms with Crippen molar-refractivity contribution >= 4 is 23.2 Å². The quantitative estimate of drug-likeness (QED) is 0.606. The molecule has 3 rings (SSSR count). The van der Waals surface area contributed by atoms with Gasteiger partial charge in [0.05, 0.1) is 24.2 Å². The lowest BCUT2D eigenvalue weighted by Gasteiger charge is -2.44. The number of thiophene rings is 1. The predicted octanol–water partition coefficient (Wildman–Crippen LogP) is 2.09. The van der Waals surface area contributed by atoms with Crippen molar-refractivity contribution in [2.75, 3.05) is 39.9 Å². The monoisotopic (exact) mass is 378 g/mol. The third-order valence-corrected chi connectivity index (χ3v) is 6.36. The maximum absolute atomic E-state index is 12.4. The maximum atomic E-state index is 12.4. The molecule has 1 saturated heterocycles. The number of amides is 1. The highest BCUT2D eigenvalue weighted by Crippen LogP contribution is 2.44.